The van der Waals surface area contributed by atoms with E-state index < -0.39 is 0 Å². The van der Waals surface area contributed by atoms with Gasteiger partial charge in [-0.25, -0.2) is 4.98 Å². The Bertz CT molecular complexity index is 995. The van der Waals surface area contributed by atoms with Crippen LogP contribution in [0.4, 0.5) is 0 Å². The first kappa shape index (κ1) is 16.3. The number of carbonyl (C=O) groups excluding carboxylic acids is 1. The van der Waals surface area contributed by atoms with Gasteiger partial charge in [-0.1, -0.05) is 48.5 Å². The summed E-state index contributed by atoms with van der Waals surface area (Å²) in [6.45, 7) is 0.874. The maximum absolute atomic E-state index is 13.1. The molecule has 26 heavy (non-hydrogen) atoms. The molecule has 5 heteroatoms. The van der Waals surface area contributed by atoms with Gasteiger partial charge in [0.25, 0.3) is 11.5 Å². The lowest BCUT2D eigenvalue weighted by Gasteiger charge is -2.28. The molecule has 130 valence electrons. The largest absolute Gasteiger partial charge is 0.334 e. The average molecular weight is 345 g/mol. The molecular formula is C21H19N3O2. The Labute approximate surface area is 151 Å². The number of aromatic nitrogens is 2. The molecule has 1 amide bonds. The summed E-state index contributed by atoms with van der Waals surface area (Å²) >= 11 is 0. The number of benzene rings is 2. The van der Waals surface area contributed by atoms with Crippen LogP contribution in [0, 0.1) is 0 Å². The van der Waals surface area contributed by atoms with Crippen molar-refractivity contribution in [2.45, 2.75) is 19.4 Å². The number of hydrogen-bond donors (Lipinski definition) is 1. The molecule has 0 bridgehead atoms. The lowest BCUT2D eigenvalue weighted by molar-refractivity contribution is 0.0731. The third kappa shape index (κ3) is 3.16. The fourth-order valence-corrected chi connectivity index (χ4v) is 3.40. The Morgan fingerprint density at radius 1 is 1.08 bits per heavy atom. The molecule has 0 radical (unpaired) electrons. The van der Waals surface area contributed by atoms with Gasteiger partial charge in [-0.05, 0) is 23.6 Å². The summed E-state index contributed by atoms with van der Waals surface area (Å²) in [7, 11) is 0. The van der Waals surface area contributed by atoms with Crippen LogP contribution in [-0.4, -0.2) is 27.3 Å². The van der Waals surface area contributed by atoms with Crippen molar-refractivity contribution in [1.29, 1.82) is 0 Å². The first-order chi connectivity index (χ1) is 12.7. The maximum atomic E-state index is 13.1. The van der Waals surface area contributed by atoms with E-state index in [0.717, 1.165) is 16.8 Å². The van der Waals surface area contributed by atoms with Gasteiger partial charge < -0.3 is 9.88 Å². The molecule has 0 saturated carbocycles. The second-order valence-corrected chi connectivity index (χ2v) is 6.45. The van der Waals surface area contributed by atoms with Crippen LogP contribution in [0.25, 0.3) is 0 Å². The third-order valence-electron chi connectivity index (χ3n) is 4.78. The number of hydrogen-bond acceptors (Lipinski definition) is 3. The second-order valence-electron chi connectivity index (χ2n) is 6.45. The summed E-state index contributed by atoms with van der Waals surface area (Å²) in [5.74, 6) is -0.0366. The van der Waals surface area contributed by atoms with Crippen LogP contribution < -0.4 is 5.56 Å². The van der Waals surface area contributed by atoms with Crippen molar-refractivity contribution < 1.29 is 4.79 Å². The van der Waals surface area contributed by atoms with Gasteiger partial charge in [0.1, 0.15) is 0 Å². The number of nitrogens with zero attached hydrogens (tertiary/aromatic N) is 2. The molecule has 0 saturated heterocycles. The summed E-state index contributed by atoms with van der Waals surface area (Å²) in [6.07, 6.45) is 2.73. The molecule has 1 aromatic heterocycles. The van der Waals surface area contributed by atoms with Crippen molar-refractivity contribution in [2.75, 3.05) is 6.54 Å². The molecular weight excluding hydrogens is 326 g/mol. The van der Waals surface area contributed by atoms with Gasteiger partial charge in [0, 0.05) is 18.5 Å². The van der Waals surface area contributed by atoms with Crippen molar-refractivity contribution in [3.05, 3.63) is 99.2 Å². The van der Waals surface area contributed by atoms with E-state index in [2.05, 4.69) is 22.1 Å². The number of rotatable bonds is 3. The zero-order chi connectivity index (χ0) is 17.9. The summed E-state index contributed by atoms with van der Waals surface area (Å²) < 4.78 is 0. The molecule has 1 aliphatic heterocycles. The maximum Gasteiger partial charge on any atom is 0.255 e. The normalized spacial score (nSPS) is 13.3. The predicted molar refractivity (Wildman–Crippen MR) is 99.0 cm³/mol. The molecule has 1 N–H and O–H groups in total. The average Bonchev–Trinajstić information content (AvgIpc) is 2.69. The monoisotopic (exact) mass is 345 g/mol. The van der Waals surface area contributed by atoms with Crippen molar-refractivity contribution >= 4 is 5.91 Å². The summed E-state index contributed by atoms with van der Waals surface area (Å²) in [5.41, 5.74) is 4.07. The highest BCUT2D eigenvalue weighted by molar-refractivity contribution is 5.96. The van der Waals surface area contributed by atoms with E-state index >= 15 is 0 Å². The Kier molecular flexibility index (Phi) is 4.35. The summed E-state index contributed by atoms with van der Waals surface area (Å²) in [5, 5.41) is 0. The van der Waals surface area contributed by atoms with Crippen LogP contribution in [0.2, 0.25) is 0 Å². The van der Waals surface area contributed by atoms with Gasteiger partial charge in [-0.2, -0.15) is 0 Å². The molecule has 3 aromatic rings. The minimum absolute atomic E-state index is 0.0366. The lowest BCUT2D eigenvalue weighted by Crippen LogP contribution is -2.39. The molecule has 4 rings (SSSR count). The highest BCUT2D eigenvalue weighted by Crippen LogP contribution is 2.20. The van der Waals surface area contributed by atoms with Gasteiger partial charge in [0.2, 0.25) is 0 Å². The third-order valence-corrected chi connectivity index (χ3v) is 4.78. The van der Waals surface area contributed by atoms with Crippen molar-refractivity contribution in [2.24, 2.45) is 0 Å². The smallest absolute Gasteiger partial charge is 0.255 e. The number of amides is 1. The topological polar surface area (TPSA) is 66.1 Å². The van der Waals surface area contributed by atoms with E-state index in [1.54, 1.807) is 4.90 Å². The molecule has 2 heterocycles. The molecule has 0 unspecified atom stereocenters. The van der Waals surface area contributed by atoms with Gasteiger partial charge in [-0.15, -0.1) is 0 Å². The first-order valence-corrected chi connectivity index (χ1v) is 8.69. The molecule has 0 atom stereocenters. The number of aromatic amines is 1. The number of H-pyrrole nitrogens is 1. The van der Waals surface area contributed by atoms with Gasteiger partial charge >= 0.3 is 0 Å². The van der Waals surface area contributed by atoms with E-state index in [4.69, 9.17) is 0 Å². The van der Waals surface area contributed by atoms with Gasteiger partial charge in [-0.3, -0.25) is 9.59 Å². The minimum Gasteiger partial charge on any atom is -0.334 e. The number of nitrogens with one attached hydrogen (secondary N) is 1. The standard InChI is InChI=1S/C21H19N3O2/c25-20-18-13-24(11-10-19(18)22-14-23-20)21(26)17-9-5-4-8-16(17)12-15-6-2-1-3-7-15/h1-9,14H,10-13H2,(H,22,23,25). The Hall–Kier alpha value is -3.21. The Balaban J connectivity index is 1.61. The highest BCUT2D eigenvalue weighted by Gasteiger charge is 2.25. The minimum atomic E-state index is -0.162. The molecule has 0 fully saturated rings. The van der Waals surface area contributed by atoms with E-state index in [0.29, 0.717) is 37.1 Å². The highest BCUT2D eigenvalue weighted by atomic mass is 16.2. The van der Waals surface area contributed by atoms with E-state index in [1.165, 1.54) is 6.33 Å². The lowest BCUT2D eigenvalue weighted by atomic mass is 9.98. The summed E-state index contributed by atoms with van der Waals surface area (Å²) in [4.78, 5) is 33.7. The molecule has 5 nitrogen and oxygen atoms in total. The Morgan fingerprint density at radius 3 is 2.69 bits per heavy atom. The van der Waals surface area contributed by atoms with E-state index in [1.807, 2.05) is 42.5 Å². The van der Waals surface area contributed by atoms with E-state index in [-0.39, 0.29) is 11.5 Å². The molecule has 0 aliphatic carbocycles. The van der Waals surface area contributed by atoms with Crippen LogP contribution in [0.5, 0.6) is 0 Å². The van der Waals surface area contributed by atoms with Crippen molar-refractivity contribution in [3.63, 3.8) is 0 Å². The van der Waals surface area contributed by atoms with E-state index in [9.17, 15) is 9.59 Å². The summed E-state index contributed by atoms with van der Waals surface area (Å²) in [6, 6.07) is 17.8. The fraction of sp³-hybridized carbons (Fsp3) is 0.190. The van der Waals surface area contributed by atoms with Crippen molar-refractivity contribution in [3.8, 4) is 0 Å². The van der Waals surface area contributed by atoms with Crippen LogP contribution in [0.15, 0.2) is 65.7 Å². The van der Waals surface area contributed by atoms with Crippen molar-refractivity contribution in [1.82, 2.24) is 14.9 Å². The predicted octanol–water partition coefficient (Wildman–Crippen LogP) is 2.56. The SMILES string of the molecule is O=C(c1ccccc1Cc1ccccc1)N1CCc2nc[nH]c(=O)c2C1. The Morgan fingerprint density at radius 2 is 1.85 bits per heavy atom. The van der Waals surface area contributed by atoms with Crippen LogP contribution in [0.3, 0.4) is 0 Å². The van der Waals surface area contributed by atoms with Crippen LogP contribution in [0.1, 0.15) is 32.7 Å². The molecule has 0 spiro atoms. The quantitative estimate of drug-likeness (QED) is 0.793. The van der Waals surface area contributed by atoms with Crippen LogP contribution >= 0.6 is 0 Å². The molecule has 2 aromatic carbocycles. The zero-order valence-electron chi connectivity index (χ0n) is 14.3. The van der Waals surface area contributed by atoms with Gasteiger partial charge in [0.15, 0.2) is 0 Å². The second kappa shape index (κ2) is 6.96. The number of carbonyl (C=O) groups is 1. The molecule has 1 aliphatic rings. The fourth-order valence-electron chi connectivity index (χ4n) is 3.40. The zero-order valence-corrected chi connectivity index (χ0v) is 14.3. The number of fused-ring (bicyclic) bond motifs is 1. The van der Waals surface area contributed by atoms with Gasteiger partial charge in [0.05, 0.1) is 24.1 Å². The first-order valence-electron chi connectivity index (χ1n) is 8.69. The van der Waals surface area contributed by atoms with Crippen LogP contribution in [-0.2, 0) is 19.4 Å².